The number of rotatable bonds is 2. The summed E-state index contributed by atoms with van der Waals surface area (Å²) in [4.78, 5) is 0. The Morgan fingerprint density at radius 1 is 1.59 bits per heavy atom. The first-order chi connectivity index (χ1) is 8.04. The molecular weight excluding hydrogens is 309 g/mol. The Kier molecular flexibility index (Phi) is 3.41. The van der Waals surface area contributed by atoms with E-state index in [1.807, 2.05) is 0 Å². The standard InChI is InChI=1S/C10H9BrFN3OS/c1-5-2-7(12)6(11)3-8(5)15-9(4-16)13-14-10(15)17/h2-3,16H,4H2,1H3,(H,14,17). The second-order valence-electron chi connectivity index (χ2n) is 3.49. The van der Waals surface area contributed by atoms with Gasteiger partial charge in [-0.2, -0.15) is 5.10 Å². The monoisotopic (exact) mass is 317 g/mol. The van der Waals surface area contributed by atoms with Crippen molar-refractivity contribution in [3.63, 3.8) is 0 Å². The number of nitrogens with one attached hydrogen (secondary N) is 1. The second kappa shape index (κ2) is 4.67. The number of aromatic nitrogens is 3. The van der Waals surface area contributed by atoms with Gasteiger partial charge in [0.25, 0.3) is 0 Å². The van der Waals surface area contributed by atoms with Gasteiger partial charge >= 0.3 is 0 Å². The van der Waals surface area contributed by atoms with Gasteiger partial charge in [-0.1, -0.05) is 0 Å². The van der Waals surface area contributed by atoms with Gasteiger partial charge in [0.2, 0.25) is 0 Å². The molecule has 7 heteroatoms. The van der Waals surface area contributed by atoms with E-state index in [4.69, 9.17) is 12.2 Å². The van der Waals surface area contributed by atoms with Gasteiger partial charge in [0.15, 0.2) is 10.6 Å². The van der Waals surface area contributed by atoms with Gasteiger partial charge in [0.1, 0.15) is 12.4 Å². The predicted molar refractivity (Wildman–Crippen MR) is 67.1 cm³/mol. The minimum atomic E-state index is -0.341. The molecule has 2 N–H and O–H groups in total. The highest BCUT2D eigenvalue weighted by atomic mass is 79.9. The molecule has 0 aliphatic rings. The van der Waals surface area contributed by atoms with Crippen LogP contribution in [0.3, 0.4) is 0 Å². The molecule has 2 aromatic rings. The highest BCUT2D eigenvalue weighted by molar-refractivity contribution is 9.10. The zero-order valence-corrected chi connectivity index (χ0v) is 11.3. The Bertz CT molecular complexity index is 622. The Morgan fingerprint density at radius 3 is 2.94 bits per heavy atom. The van der Waals surface area contributed by atoms with E-state index in [1.54, 1.807) is 17.6 Å². The summed E-state index contributed by atoms with van der Waals surface area (Å²) in [5.74, 6) is 0.0448. The van der Waals surface area contributed by atoms with E-state index in [9.17, 15) is 9.50 Å². The number of hydrogen-bond donors (Lipinski definition) is 2. The third-order valence-corrected chi connectivity index (χ3v) is 3.24. The number of aliphatic hydroxyl groups excluding tert-OH is 1. The lowest BCUT2D eigenvalue weighted by Gasteiger charge is -2.09. The molecule has 0 spiro atoms. The second-order valence-corrected chi connectivity index (χ2v) is 4.73. The zero-order valence-electron chi connectivity index (χ0n) is 8.87. The van der Waals surface area contributed by atoms with E-state index in [1.165, 1.54) is 6.07 Å². The molecule has 2 rings (SSSR count). The van der Waals surface area contributed by atoms with Gasteiger partial charge in [-0.15, -0.1) is 0 Å². The minimum absolute atomic E-state index is 0.248. The van der Waals surface area contributed by atoms with Gasteiger partial charge in [0.05, 0.1) is 10.2 Å². The highest BCUT2D eigenvalue weighted by Gasteiger charge is 2.12. The first kappa shape index (κ1) is 12.4. The van der Waals surface area contributed by atoms with Crippen LogP contribution in [0.4, 0.5) is 4.39 Å². The van der Waals surface area contributed by atoms with Crippen molar-refractivity contribution in [3.05, 3.63) is 38.6 Å². The molecule has 0 aliphatic carbocycles. The van der Waals surface area contributed by atoms with E-state index in [2.05, 4.69) is 26.1 Å². The maximum absolute atomic E-state index is 13.3. The van der Waals surface area contributed by atoms with Crippen LogP contribution in [-0.2, 0) is 6.61 Å². The van der Waals surface area contributed by atoms with Gasteiger partial charge in [-0.3, -0.25) is 9.67 Å². The van der Waals surface area contributed by atoms with Crippen LogP contribution >= 0.6 is 28.1 Å². The summed E-state index contributed by atoms with van der Waals surface area (Å²) >= 11 is 8.20. The molecule has 0 atom stereocenters. The summed E-state index contributed by atoms with van der Waals surface area (Å²) in [6.07, 6.45) is 0. The summed E-state index contributed by atoms with van der Waals surface area (Å²) in [6, 6.07) is 3.00. The van der Waals surface area contributed by atoms with Crippen LogP contribution in [0.2, 0.25) is 0 Å². The Labute approximate surface area is 110 Å². The molecule has 1 aromatic heterocycles. The van der Waals surface area contributed by atoms with Gasteiger partial charge in [0, 0.05) is 0 Å². The summed E-state index contributed by atoms with van der Waals surface area (Å²) in [7, 11) is 0. The summed E-state index contributed by atoms with van der Waals surface area (Å²) in [5, 5.41) is 15.7. The Morgan fingerprint density at radius 2 is 2.29 bits per heavy atom. The summed E-state index contributed by atoms with van der Waals surface area (Å²) in [6.45, 7) is 1.52. The number of aromatic amines is 1. The molecule has 0 bridgehead atoms. The normalized spacial score (nSPS) is 10.8. The quantitative estimate of drug-likeness (QED) is 0.837. The smallest absolute Gasteiger partial charge is 0.199 e. The fourth-order valence-electron chi connectivity index (χ4n) is 1.56. The van der Waals surface area contributed by atoms with Crippen molar-refractivity contribution < 1.29 is 9.50 Å². The van der Waals surface area contributed by atoms with Crippen LogP contribution in [0.5, 0.6) is 0 Å². The minimum Gasteiger partial charge on any atom is -0.388 e. The molecule has 0 fully saturated rings. The molecule has 0 radical (unpaired) electrons. The molecule has 1 heterocycles. The van der Waals surface area contributed by atoms with Crippen molar-refractivity contribution in [2.24, 2.45) is 0 Å². The molecule has 0 aliphatic heterocycles. The van der Waals surface area contributed by atoms with Crippen molar-refractivity contribution in [2.45, 2.75) is 13.5 Å². The SMILES string of the molecule is Cc1cc(F)c(Br)cc1-n1c(CO)n[nH]c1=S. The van der Waals surface area contributed by atoms with E-state index in [-0.39, 0.29) is 12.4 Å². The van der Waals surface area contributed by atoms with Crippen molar-refractivity contribution in [1.29, 1.82) is 0 Å². The third-order valence-electron chi connectivity index (χ3n) is 2.36. The number of hydrogen-bond acceptors (Lipinski definition) is 3. The van der Waals surface area contributed by atoms with Crippen LogP contribution in [0, 0.1) is 17.5 Å². The van der Waals surface area contributed by atoms with Crippen LogP contribution in [0.25, 0.3) is 5.69 Å². The average Bonchev–Trinajstić information content (AvgIpc) is 2.65. The molecule has 17 heavy (non-hydrogen) atoms. The van der Waals surface area contributed by atoms with Crippen molar-refractivity contribution >= 4 is 28.1 Å². The van der Waals surface area contributed by atoms with E-state index < -0.39 is 0 Å². The fraction of sp³-hybridized carbons (Fsp3) is 0.200. The average molecular weight is 318 g/mol. The maximum atomic E-state index is 13.3. The van der Waals surface area contributed by atoms with Gasteiger partial charge in [-0.05, 0) is 52.8 Å². The van der Waals surface area contributed by atoms with Crippen LogP contribution in [0.15, 0.2) is 16.6 Å². The zero-order chi connectivity index (χ0) is 12.6. The van der Waals surface area contributed by atoms with Crippen LogP contribution in [0.1, 0.15) is 11.4 Å². The third kappa shape index (κ3) is 2.18. The molecule has 0 saturated heterocycles. The first-order valence-electron chi connectivity index (χ1n) is 4.77. The van der Waals surface area contributed by atoms with Crippen molar-refractivity contribution in [1.82, 2.24) is 14.8 Å². The van der Waals surface area contributed by atoms with Crippen LogP contribution < -0.4 is 0 Å². The largest absolute Gasteiger partial charge is 0.388 e. The van der Waals surface area contributed by atoms with E-state index in [0.29, 0.717) is 26.3 Å². The molecule has 0 unspecified atom stereocenters. The lowest BCUT2D eigenvalue weighted by Crippen LogP contribution is -2.04. The van der Waals surface area contributed by atoms with Crippen LogP contribution in [-0.4, -0.2) is 19.9 Å². The van der Waals surface area contributed by atoms with Gasteiger partial charge < -0.3 is 5.11 Å². The summed E-state index contributed by atoms with van der Waals surface area (Å²) < 4.78 is 15.6. The fourth-order valence-corrected chi connectivity index (χ4v) is 2.14. The van der Waals surface area contributed by atoms with E-state index >= 15 is 0 Å². The maximum Gasteiger partial charge on any atom is 0.199 e. The lowest BCUT2D eigenvalue weighted by atomic mass is 10.2. The number of aliphatic hydroxyl groups is 1. The molecular formula is C10H9BrFN3OS. The first-order valence-corrected chi connectivity index (χ1v) is 5.98. The topological polar surface area (TPSA) is 53.8 Å². The Hall–Kier alpha value is -1.05. The van der Waals surface area contributed by atoms with Crippen molar-refractivity contribution in [2.75, 3.05) is 0 Å². The Balaban J connectivity index is 2.72. The number of nitrogens with zero attached hydrogens (tertiary/aromatic N) is 2. The number of H-pyrrole nitrogens is 1. The highest BCUT2D eigenvalue weighted by Crippen LogP contribution is 2.24. The molecule has 0 amide bonds. The molecule has 1 aromatic carbocycles. The molecule has 0 saturated carbocycles. The molecule has 90 valence electrons. The van der Waals surface area contributed by atoms with Gasteiger partial charge in [-0.25, -0.2) is 4.39 Å². The predicted octanol–water partition coefficient (Wildman–Crippen LogP) is 2.63. The summed E-state index contributed by atoms with van der Waals surface area (Å²) in [5.41, 5.74) is 1.39. The number of halogens is 2. The molecule has 4 nitrogen and oxygen atoms in total. The number of benzene rings is 1. The van der Waals surface area contributed by atoms with E-state index in [0.717, 1.165) is 0 Å². The lowest BCUT2D eigenvalue weighted by molar-refractivity contribution is 0.268. The number of aryl methyl sites for hydroxylation is 1. The van der Waals surface area contributed by atoms with Crippen molar-refractivity contribution in [3.8, 4) is 5.69 Å².